The normalized spacial score (nSPS) is 18.6. The molecule has 1 fully saturated rings. The molecule has 4 nitrogen and oxygen atoms in total. The Kier molecular flexibility index (Phi) is 4.59. The minimum atomic E-state index is -0.128. The van der Waals surface area contributed by atoms with Crippen LogP contribution in [-0.4, -0.2) is 25.2 Å². The van der Waals surface area contributed by atoms with Gasteiger partial charge in [-0.05, 0) is 44.9 Å². The van der Waals surface area contributed by atoms with E-state index in [-0.39, 0.29) is 6.03 Å². The highest BCUT2D eigenvalue weighted by molar-refractivity contribution is 5.89. The number of carbonyl (C=O) groups is 1. The van der Waals surface area contributed by atoms with E-state index < -0.39 is 0 Å². The molecule has 0 spiro atoms. The van der Waals surface area contributed by atoms with Crippen LogP contribution in [0.25, 0.3) is 0 Å². The fourth-order valence-corrected chi connectivity index (χ4v) is 2.18. The number of amides is 2. The third-order valence-corrected chi connectivity index (χ3v) is 3.25. The summed E-state index contributed by atoms with van der Waals surface area (Å²) in [5.74, 6) is 0. The van der Waals surface area contributed by atoms with E-state index in [0.29, 0.717) is 6.04 Å². The first-order valence-electron chi connectivity index (χ1n) is 6.59. The van der Waals surface area contributed by atoms with Gasteiger partial charge in [0.1, 0.15) is 0 Å². The second-order valence-electron chi connectivity index (χ2n) is 4.83. The lowest BCUT2D eigenvalue weighted by atomic mass is 10.1. The van der Waals surface area contributed by atoms with Crippen molar-refractivity contribution in [1.29, 1.82) is 0 Å². The monoisotopic (exact) mass is 247 g/mol. The van der Waals surface area contributed by atoms with Gasteiger partial charge in [-0.25, -0.2) is 4.79 Å². The summed E-state index contributed by atoms with van der Waals surface area (Å²) in [7, 11) is 0. The first-order chi connectivity index (χ1) is 8.74. The molecule has 1 aromatic carbocycles. The third kappa shape index (κ3) is 4.04. The van der Waals surface area contributed by atoms with Crippen molar-refractivity contribution in [1.82, 2.24) is 10.6 Å². The fourth-order valence-electron chi connectivity index (χ4n) is 2.18. The molecule has 0 radical (unpaired) electrons. The minimum absolute atomic E-state index is 0.128. The van der Waals surface area contributed by atoms with Crippen LogP contribution in [0.5, 0.6) is 0 Å². The molecule has 1 atom stereocenters. The molecule has 1 aliphatic rings. The maximum Gasteiger partial charge on any atom is 0.319 e. The molecule has 98 valence electrons. The van der Waals surface area contributed by atoms with Crippen molar-refractivity contribution >= 4 is 11.7 Å². The summed E-state index contributed by atoms with van der Waals surface area (Å²) in [6.07, 6.45) is 3.48. The van der Waals surface area contributed by atoms with Crippen LogP contribution in [0.4, 0.5) is 10.5 Å². The lowest BCUT2D eigenvalue weighted by molar-refractivity contribution is 0.251. The number of hydrogen-bond acceptors (Lipinski definition) is 2. The average molecular weight is 247 g/mol. The molecule has 3 N–H and O–H groups in total. The summed E-state index contributed by atoms with van der Waals surface area (Å²) >= 11 is 0. The number of aryl methyl sites for hydroxylation is 1. The second kappa shape index (κ2) is 6.40. The van der Waals surface area contributed by atoms with Crippen LogP contribution in [0.1, 0.15) is 24.8 Å². The second-order valence-corrected chi connectivity index (χ2v) is 4.83. The number of urea groups is 1. The predicted molar refractivity (Wildman–Crippen MR) is 73.8 cm³/mol. The van der Waals surface area contributed by atoms with Gasteiger partial charge >= 0.3 is 6.03 Å². The van der Waals surface area contributed by atoms with Crippen molar-refractivity contribution < 1.29 is 4.79 Å². The molecule has 0 unspecified atom stereocenters. The van der Waals surface area contributed by atoms with Crippen molar-refractivity contribution in [2.24, 2.45) is 0 Å². The van der Waals surface area contributed by atoms with Crippen molar-refractivity contribution in [3.05, 3.63) is 29.8 Å². The summed E-state index contributed by atoms with van der Waals surface area (Å²) in [5, 5.41) is 9.12. The predicted octanol–water partition coefficient (Wildman–Crippen LogP) is 2.26. The molecule has 18 heavy (non-hydrogen) atoms. The van der Waals surface area contributed by atoms with Crippen LogP contribution in [-0.2, 0) is 0 Å². The fraction of sp³-hybridized carbons (Fsp3) is 0.500. The van der Waals surface area contributed by atoms with Gasteiger partial charge in [-0.3, -0.25) is 0 Å². The molecule has 1 aliphatic heterocycles. The van der Waals surface area contributed by atoms with Gasteiger partial charge in [0, 0.05) is 18.3 Å². The number of hydrogen-bond donors (Lipinski definition) is 3. The molecule has 0 bridgehead atoms. The van der Waals surface area contributed by atoms with Gasteiger partial charge < -0.3 is 16.0 Å². The SMILES string of the molecule is Cc1ccc(NC(=O)NCC[C@H]2CCCN2)cc1. The van der Waals surface area contributed by atoms with E-state index >= 15 is 0 Å². The zero-order valence-electron chi connectivity index (χ0n) is 10.8. The average Bonchev–Trinajstić information content (AvgIpc) is 2.85. The first-order valence-corrected chi connectivity index (χ1v) is 6.59. The van der Waals surface area contributed by atoms with E-state index in [9.17, 15) is 4.79 Å². The van der Waals surface area contributed by atoms with Crippen molar-refractivity contribution in [2.45, 2.75) is 32.2 Å². The Morgan fingerprint density at radius 2 is 2.17 bits per heavy atom. The molecular weight excluding hydrogens is 226 g/mol. The minimum Gasteiger partial charge on any atom is -0.338 e. The van der Waals surface area contributed by atoms with Crippen LogP contribution < -0.4 is 16.0 Å². The summed E-state index contributed by atoms with van der Waals surface area (Å²) in [6.45, 7) is 3.86. The van der Waals surface area contributed by atoms with Crippen molar-refractivity contribution in [3.63, 3.8) is 0 Å². The lowest BCUT2D eigenvalue weighted by Crippen LogP contribution is -2.33. The van der Waals surface area contributed by atoms with Gasteiger partial charge in [0.2, 0.25) is 0 Å². The van der Waals surface area contributed by atoms with Gasteiger partial charge in [-0.2, -0.15) is 0 Å². The van der Waals surface area contributed by atoms with Gasteiger partial charge in [-0.1, -0.05) is 17.7 Å². The Balaban J connectivity index is 1.66. The summed E-state index contributed by atoms with van der Waals surface area (Å²) < 4.78 is 0. The topological polar surface area (TPSA) is 53.2 Å². The van der Waals surface area contributed by atoms with Crippen LogP contribution in [0.15, 0.2) is 24.3 Å². The molecule has 2 rings (SSSR count). The zero-order chi connectivity index (χ0) is 12.8. The zero-order valence-corrected chi connectivity index (χ0v) is 10.8. The molecule has 1 saturated heterocycles. The molecule has 0 saturated carbocycles. The maximum atomic E-state index is 11.6. The molecule has 0 aromatic heterocycles. The Morgan fingerprint density at radius 1 is 1.39 bits per heavy atom. The first kappa shape index (κ1) is 12.9. The maximum absolute atomic E-state index is 11.6. The molecule has 1 aromatic rings. The standard InChI is InChI=1S/C14H21N3O/c1-11-4-6-13(7-5-11)17-14(18)16-10-8-12-3-2-9-15-12/h4-7,12,15H,2-3,8-10H2,1H3,(H2,16,17,18)/t12-/m1/s1. The number of benzene rings is 1. The largest absolute Gasteiger partial charge is 0.338 e. The summed E-state index contributed by atoms with van der Waals surface area (Å²) in [4.78, 5) is 11.6. The Bertz CT molecular complexity index is 383. The van der Waals surface area contributed by atoms with E-state index in [1.165, 1.54) is 18.4 Å². The lowest BCUT2D eigenvalue weighted by Gasteiger charge is -2.11. The van der Waals surface area contributed by atoms with Crippen LogP contribution in [0.2, 0.25) is 0 Å². The summed E-state index contributed by atoms with van der Waals surface area (Å²) in [5.41, 5.74) is 2.02. The smallest absolute Gasteiger partial charge is 0.319 e. The van der Waals surface area contributed by atoms with E-state index in [0.717, 1.165) is 25.2 Å². The number of carbonyl (C=O) groups excluding carboxylic acids is 1. The van der Waals surface area contributed by atoms with Crippen LogP contribution in [0, 0.1) is 6.92 Å². The molecule has 1 heterocycles. The Hall–Kier alpha value is -1.55. The quantitative estimate of drug-likeness (QED) is 0.764. The Labute approximate surface area is 108 Å². The molecule has 2 amide bonds. The van der Waals surface area contributed by atoms with Crippen molar-refractivity contribution in [3.8, 4) is 0 Å². The third-order valence-electron chi connectivity index (χ3n) is 3.25. The summed E-state index contributed by atoms with van der Waals surface area (Å²) in [6, 6.07) is 8.23. The number of rotatable bonds is 4. The number of anilines is 1. The Morgan fingerprint density at radius 3 is 2.83 bits per heavy atom. The molecule has 4 heteroatoms. The van der Waals surface area contributed by atoms with Gasteiger partial charge in [0.25, 0.3) is 0 Å². The van der Waals surface area contributed by atoms with E-state index in [1.807, 2.05) is 31.2 Å². The van der Waals surface area contributed by atoms with Gasteiger partial charge in [0.15, 0.2) is 0 Å². The molecular formula is C14H21N3O. The highest BCUT2D eigenvalue weighted by Crippen LogP contribution is 2.09. The molecule has 0 aliphatic carbocycles. The van der Waals surface area contributed by atoms with Crippen LogP contribution in [0.3, 0.4) is 0 Å². The highest BCUT2D eigenvalue weighted by atomic mass is 16.2. The van der Waals surface area contributed by atoms with E-state index in [4.69, 9.17) is 0 Å². The highest BCUT2D eigenvalue weighted by Gasteiger charge is 2.13. The number of nitrogens with one attached hydrogen (secondary N) is 3. The van der Waals surface area contributed by atoms with Gasteiger partial charge in [-0.15, -0.1) is 0 Å². The van der Waals surface area contributed by atoms with E-state index in [2.05, 4.69) is 16.0 Å². The van der Waals surface area contributed by atoms with Gasteiger partial charge in [0.05, 0.1) is 0 Å². The van der Waals surface area contributed by atoms with Crippen LogP contribution >= 0.6 is 0 Å². The van der Waals surface area contributed by atoms with E-state index in [1.54, 1.807) is 0 Å². The van der Waals surface area contributed by atoms with Crippen molar-refractivity contribution in [2.75, 3.05) is 18.4 Å².